The summed E-state index contributed by atoms with van der Waals surface area (Å²) in [6, 6.07) is 0.697. The molecule has 1 atom stereocenters. The van der Waals surface area contributed by atoms with Crippen molar-refractivity contribution in [3.63, 3.8) is 0 Å². The van der Waals surface area contributed by atoms with Crippen LogP contribution in [0.1, 0.15) is 32.1 Å². The molecule has 0 aromatic carbocycles. The van der Waals surface area contributed by atoms with E-state index in [-0.39, 0.29) is 6.04 Å². The van der Waals surface area contributed by atoms with Crippen molar-refractivity contribution in [2.24, 2.45) is 0 Å². The second-order valence-electron chi connectivity index (χ2n) is 6.14. The summed E-state index contributed by atoms with van der Waals surface area (Å²) in [5.41, 5.74) is 0. The molecular formula is C14H27N3O2. The van der Waals surface area contributed by atoms with Crippen molar-refractivity contribution in [3.05, 3.63) is 0 Å². The largest absolute Gasteiger partial charge is 0.480 e. The van der Waals surface area contributed by atoms with Crippen LogP contribution in [0.3, 0.4) is 0 Å². The number of piperidine rings is 1. The molecule has 5 heteroatoms. The van der Waals surface area contributed by atoms with Crippen LogP contribution in [0.4, 0.5) is 0 Å². The Bertz CT molecular complexity index is 299. The second-order valence-corrected chi connectivity index (χ2v) is 6.14. The molecule has 0 amide bonds. The molecule has 1 saturated carbocycles. The first kappa shape index (κ1) is 14.8. The van der Waals surface area contributed by atoms with Crippen LogP contribution in [-0.4, -0.2) is 72.7 Å². The smallest absolute Gasteiger partial charge is 0.320 e. The van der Waals surface area contributed by atoms with Crippen molar-refractivity contribution in [1.82, 2.24) is 15.1 Å². The van der Waals surface area contributed by atoms with E-state index in [0.29, 0.717) is 18.5 Å². The second kappa shape index (κ2) is 6.68. The van der Waals surface area contributed by atoms with Crippen molar-refractivity contribution >= 4 is 5.97 Å². The molecule has 2 N–H and O–H groups in total. The molecule has 0 aromatic rings. The highest BCUT2D eigenvalue weighted by atomic mass is 16.4. The number of hydrogen-bond acceptors (Lipinski definition) is 4. The van der Waals surface area contributed by atoms with Gasteiger partial charge in [-0.1, -0.05) is 0 Å². The van der Waals surface area contributed by atoms with Crippen LogP contribution in [-0.2, 0) is 4.79 Å². The van der Waals surface area contributed by atoms with E-state index < -0.39 is 5.97 Å². The molecule has 2 aliphatic rings. The van der Waals surface area contributed by atoms with E-state index in [1.165, 1.54) is 12.8 Å². The van der Waals surface area contributed by atoms with Gasteiger partial charge < -0.3 is 20.2 Å². The van der Waals surface area contributed by atoms with E-state index in [1.807, 2.05) is 0 Å². The van der Waals surface area contributed by atoms with Gasteiger partial charge in [-0.05, 0) is 59.3 Å². The minimum atomic E-state index is -0.705. The third-order valence-corrected chi connectivity index (χ3v) is 4.39. The molecule has 1 unspecified atom stereocenters. The molecule has 110 valence electrons. The molecule has 0 radical (unpaired) electrons. The lowest BCUT2D eigenvalue weighted by atomic mass is 10.0. The van der Waals surface area contributed by atoms with E-state index in [1.54, 1.807) is 0 Å². The zero-order valence-electron chi connectivity index (χ0n) is 12.1. The molecule has 1 aliphatic heterocycles. The van der Waals surface area contributed by atoms with Gasteiger partial charge in [-0.25, -0.2) is 0 Å². The zero-order chi connectivity index (χ0) is 13.8. The van der Waals surface area contributed by atoms with Gasteiger partial charge in [0.05, 0.1) is 0 Å². The number of rotatable bonds is 7. The van der Waals surface area contributed by atoms with Crippen LogP contribution in [0.5, 0.6) is 0 Å². The third-order valence-electron chi connectivity index (χ3n) is 4.39. The monoisotopic (exact) mass is 269 g/mol. The summed E-state index contributed by atoms with van der Waals surface area (Å²) in [5.74, 6) is -0.705. The fourth-order valence-corrected chi connectivity index (χ4v) is 2.76. The maximum absolute atomic E-state index is 11.2. The molecule has 1 saturated heterocycles. The Kier molecular flexibility index (Phi) is 5.19. The van der Waals surface area contributed by atoms with Crippen LogP contribution in [0.25, 0.3) is 0 Å². The highest BCUT2D eigenvalue weighted by Gasteiger charge is 2.29. The summed E-state index contributed by atoms with van der Waals surface area (Å²) in [4.78, 5) is 15.9. The lowest BCUT2D eigenvalue weighted by Crippen LogP contribution is -2.45. The number of aliphatic carboxylic acids is 1. The maximum atomic E-state index is 11.2. The fraction of sp³-hybridized carbons (Fsp3) is 0.929. The molecule has 1 aliphatic carbocycles. The van der Waals surface area contributed by atoms with E-state index >= 15 is 0 Å². The number of nitrogens with zero attached hydrogens (tertiary/aromatic N) is 2. The zero-order valence-corrected chi connectivity index (χ0v) is 12.1. The molecule has 0 aromatic heterocycles. The number of carbonyl (C=O) groups is 1. The summed E-state index contributed by atoms with van der Waals surface area (Å²) in [5, 5.41) is 12.4. The Morgan fingerprint density at radius 1 is 1.37 bits per heavy atom. The molecule has 5 nitrogen and oxygen atoms in total. The van der Waals surface area contributed by atoms with Crippen LogP contribution in [0, 0.1) is 0 Å². The van der Waals surface area contributed by atoms with Crippen LogP contribution < -0.4 is 5.32 Å². The third kappa shape index (κ3) is 4.75. The normalized spacial score (nSPS) is 23.7. The number of nitrogens with one attached hydrogen (secondary N) is 1. The van der Waals surface area contributed by atoms with E-state index in [0.717, 1.165) is 32.5 Å². The summed E-state index contributed by atoms with van der Waals surface area (Å²) >= 11 is 0. The van der Waals surface area contributed by atoms with Gasteiger partial charge in [0, 0.05) is 18.6 Å². The first-order valence-electron chi connectivity index (χ1n) is 7.44. The van der Waals surface area contributed by atoms with Crippen molar-refractivity contribution < 1.29 is 9.90 Å². The summed E-state index contributed by atoms with van der Waals surface area (Å²) < 4.78 is 0. The predicted molar refractivity (Wildman–Crippen MR) is 75.3 cm³/mol. The van der Waals surface area contributed by atoms with Crippen LogP contribution in [0.15, 0.2) is 0 Å². The van der Waals surface area contributed by atoms with Gasteiger partial charge in [0.15, 0.2) is 0 Å². The van der Waals surface area contributed by atoms with Gasteiger partial charge in [0.25, 0.3) is 0 Å². The van der Waals surface area contributed by atoms with Gasteiger partial charge in [-0.15, -0.1) is 0 Å². The first-order chi connectivity index (χ1) is 9.06. The number of carboxylic acid groups (broad SMARTS) is 1. The standard InChI is InChI=1S/C14H27N3O2/c1-16-8-5-12(6-9-16)17(2)10-7-13(14(18)19)15-11-3-4-11/h11-13,15H,3-10H2,1-2H3,(H,18,19). The molecule has 0 bridgehead atoms. The van der Waals surface area contributed by atoms with Gasteiger partial charge in [0.1, 0.15) is 6.04 Å². The number of carboxylic acids is 1. The number of hydrogen-bond donors (Lipinski definition) is 2. The molecule has 1 heterocycles. The Hall–Kier alpha value is -0.650. The van der Waals surface area contributed by atoms with Crippen LogP contribution in [0.2, 0.25) is 0 Å². The van der Waals surface area contributed by atoms with Gasteiger partial charge in [-0.2, -0.15) is 0 Å². The quantitative estimate of drug-likeness (QED) is 0.709. The Morgan fingerprint density at radius 2 is 2.00 bits per heavy atom. The molecule has 19 heavy (non-hydrogen) atoms. The average molecular weight is 269 g/mol. The fourth-order valence-electron chi connectivity index (χ4n) is 2.76. The lowest BCUT2D eigenvalue weighted by Gasteiger charge is -2.35. The topological polar surface area (TPSA) is 55.8 Å². The maximum Gasteiger partial charge on any atom is 0.320 e. The van der Waals surface area contributed by atoms with Crippen LogP contribution >= 0.6 is 0 Å². The average Bonchev–Trinajstić information content (AvgIpc) is 3.18. The van der Waals surface area contributed by atoms with E-state index in [2.05, 4.69) is 29.2 Å². The number of likely N-dealkylation sites (tertiary alicyclic amines) is 1. The van der Waals surface area contributed by atoms with Gasteiger partial charge in [-0.3, -0.25) is 4.79 Å². The lowest BCUT2D eigenvalue weighted by molar-refractivity contribution is -0.139. The van der Waals surface area contributed by atoms with Crippen molar-refractivity contribution in [1.29, 1.82) is 0 Å². The minimum Gasteiger partial charge on any atom is -0.480 e. The highest BCUT2D eigenvalue weighted by Crippen LogP contribution is 2.20. The summed E-state index contributed by atoms with van der Waals surface area (Å²) in [6.07, 6.45) is 5.36. The van der Waals surface area contributed by atoms with Gasteiger partial charge in [0.2, 0.25) is 0 Å². The molecule has 0 spiro atoms. The Morgan fingerprint density at radius 3 is 2.53 bits per heavy atom. The van der Waals surface area contributed by atoms with Crippen molar-refractivity contribution in [2.75, 3.05) is 33.7 Å². The Labute approximate surface area is 115 Å². The van der Waals surface area contributed by atoms with Crippen molar-refractivity contribution in [3.8, 4) is 0 Å². The van der Waals surface area contributed by atoms with Crippen molar-refractivity contribution in [2.45, 2.75) is 50.2 Å². The van der Waals surface area contributed by atoms with E-state index in [9.17, 15) is 9.90 Å². The van der Waals surface area contributed by atoms with E-state index in [4.69, 9.17) is 0 Å². The predicted octanol–water partition coefficient (Wildman–Crippen LogP) is 0.608. The molecular weight excluding hydrogens is 242 g/mol. The molecule has 2 rings (SSSR count). The highest BCUT2D eigenvalue weighted by molar-refractivity contribution is 5.73. The summed E-state index contributed by atoms with van der Waals surface area (Å²) in [7, 11) is 4.29. The van der Waals surface area contributed by atoms with Gasteiger partial charge >= 0.3 is 5.97 Å². The SMILES string of the molecule is CN1CCC(N(C)CCC(NC2CC2)C(=O)O)CC1. The first-order valence-corrected chi connectivity index (χ1v) is 7.44. The Balaban J connectivity index is 1.71. The molecule has 2 fully saturated rings. The minimum absolute atomic E-state index is 0.374. The summed E-state index contributed by atoms with van der Waals surface area (Å²) in [6.45, 7) is 3.17.